The Morgan fingerprint density at radius 1 is 1.21 bits per heavy atom. The van der Waals surface area contributed by atoms with Crippen molar-refractivity contribution in [3.05, 3.63) is 29.8 Å². The van der Waals surface area contributed by atoms with Crippen molar-refractivity contribution in [1.29, 1.82) is 0 Å². The molecule has 0 bridgehead atoms. The Labute approximate surface area is 166 Å². The highest BCUT2D eigenvalue weighted by Gasteiger charge is 2.21. The van der Waals surface area contributed by atoms with Gasteiger partial charge in [-0.2, -0.15) is 0 Å². The number of nitrogens with one attached hydrogen (secondary N) is 1. The first-order valence-electron chi connectivity index (χ1n) is 9.94. The lowest BCUT2D eigenvalue weighted by molar-refractivity contribution is -0.151. The molecule has 1 fully saturated rings. The summed E-state index contributed by atoms with van der Waals surface area (Å²) in [7, 11) is 0. The Bertz CT molecular complexity index is 659. The van der Waals surface area contributed by atoms with Crippen LogP contribution in [-0.4, -0.2) is 55.5 Å². The van der Waals surface area contributed by atoms with Crippen molar-refractivity contribution in [1.82, 2.24) is 10.2 Å². The van der Waals surface area contributed by atoms with Crippen molar-refractivity contribution >= 4 is 17.8 Å². The van der Waals surface area contributed by atoms with E-state index < -0.39 is 5.97 Å². The minimum Gasteiger partial charge on any atom is -0.494 e. The maximum atomic E-state index is 12.1. The van der Waals surface area contributed by atoms with Crippen LogP contribution in [0.25, 0.3) is 0 Å². The molecule has 0 unspecified atom stereocenters. The van der Waals surface area contributed by atoms with Crippen molar-refractivity contribution in [2.45, 2.75) is 39.5 Å². The first-order chi connectivity index (χ1) is 13.5. The zero-order chi connectivity index (χ0) is 20.4. The molecule has 0 aromatic heterocycles. The fourth-order valence-electron chi connectivity index (χ4n) is 2.99. The topological polar surface area (TPSA) is 84.9 Å². The first-order valence-corrected chi connectivity index (χ1v) is 9.94. The molecule has 0 saturated carbocycles. The molecular weight excluding hydrogens is 360 g/mol. The van der Waals surface area contributed by atoms with Gasteiger partial charge in [-0.1, -0.05) is 20.3 Å². The molecule has 154 valence electrons. The van der Waals surface area contributed by atoms with E-state index in [1.54, 1.807) is 29.2 Å². The zero-order valence-electron chi connectivity index (χ0n) is 16.7. The molecule has 2 amide bonds. The number of nitrogens with zero attached hydrogens (tertiary/aromatic N) is 1. The fourth-order valence-corrected chi connectivity index (χ4v) is 2.99. The number of esters is 1. The maximum Gasteiger partial charge on any atom is 0.325 e. The summed E-state index contributed by atoms with van der Waals surface area (Å²) in [5, 5.41) is 2.50. The van der Waals surface area contributed by atoms with Crippen molar-refractivity contribution < 1.29 is 23.9 Å². The van der Waals surface area contributed by atoms with Gasteiger partial charge in [0.05, 0.1) is 6.61 Å². The number of hydrogen-bond acceptors (Lipinski definition) is 5. The van der Waals surface area contributed by atoms with Crippen molar-refractivity contribution in [2.24, 2.45) is 5.92 Å². The standard InChI is InChI=1S/C21H30N2O5/c1-3-4-12-27-18-9-7-17(8-10-18)21(26)22-13-20(25)28-15-19(24)23-11-5-6-16(2)14-23/h7-10,16H,3-6,11-15H2,1-2H3,(H,22,26)/t16-/m1/s1. The van der Waals surface area contributed by atoms with Gasteiger partial charge >= 0.3 is 5.97 Å². The van der Waals surface area contributed by atoms with E-state index in [4.69, 9.17) is 9.47 Å². The normalized spacial score (nSPS) is 16.4. The van der Waals surface area contributed by atoms with Gasteiger partial charge in [0.2, 0.25) is 0 Å². The molecule has 2 rings (SSSR count). The molecule has 1 N–H and O–H groups in total. The molecule has 28 heavy (non-hydrogen) atoms. The summed E-state index contributed by atoms with van der Waals surface area (Å²) in [6.45, 7) is 5.67. The molecule has 1 aromatic rings. The van der Waals surface area contributed by atoms with Crippen LogP contribution in [0.5, 0.6) is 5.75 Å². The first kappa shape index (κ1) is 21.7. The van der Waals surface area contributed by atoms with Crippen LogP contribution in [0.1, 0.15) is 49.9 Å². The molecule has 1 atom stereocenters. The summed E-state index contributed by atoms with van der Waals surface area (Å²) in [5.41, 5.74) is 0.425. The summed E-state index contributed by atoms with van der Waals surface area (Å²) < 4.78 is 10.5. The molecular formula is C21H30N2O5. The highest BCUT2D eigenvalue weighted by molar-refractivity contribution is 5.96. The number of unbranched alkanes of at least 4 members (excludes halogenated alkanes) is 1. The number of carbonyl (C=O) groups is 3. The molecule has 7 heteroatoms. The van der Waals surface area contributed by atoms with E-state index in [2.05, 4.69) is 19.2 Å². The van der Waals surface area contributed by atoms with E-state index in [0.717, 1.165) is 25.7 Å². The highest BCUT2D eigenvalue weighted by Crippen LogP contribution is 2.15. The van der Waals surface area contributed by atoms with Gasteiger partial charge in [0, 0.05) is 18.7 Å². The molecule has 1 aliphatic heterocycles. The molecule has 1 heterocycles. The van der Waals surface area contributed by atoms with E-state index in [-0.39, 0.29) is 25.0 Å². The summed E-state index contributed by atoms with van der Waals surface area (Å²) in [4.78, 5) is 37.7. The minimum atomic E-state index is -0.633. The van der Waals surface area contributed by atoms with Crippen molar-refractivity contribution in [3.63, 3.8) is 0 Å². The Kier molecular flexibility index (Phi) is 8.78. The average molecular weight is 390 g/mol. The maximum absolute atomic E-state index is 12.1. The van der Waals surface area contributed by atoms with E-state index in [1.165, 1.54) is 0 Å². The molecule has 1 aromatic carbocycles. The molecule has 0 radical (unpaired) electrons. The molecule has 1 saturated heterocycles. The average Bonchev–Trinajstić information content (AvgIpc) is 2.71. The van der Waals surface area contributed by atoms with Crippen molar-refractivity contribution in [3.8, 4) is 5.75 Å². The molecule has 0 spiro atoms. The Morgan fingerprint density at radius 3 is 2.64 bits per heavy atom. The molecule has 0 aliphatic carbocycles. The second-order valence-electron chi connectivity index (χ2n) is 7.16. The number of carbonyl (C=O) groups excluding carboxylic acids is 3. The quantitative estimate of drug-likeness (QED) is 0.517. The van der Waals surface area contributed by atoms with Crippen molar-refractivity contribution in [2.75, 3.05) is 32.8 Å². The van der Waals surface area contributed by atoms with E-state index in [0.29, 0.717) is 36.9 Å². The molecule has 7 nitrogen and oxygen atoms in total. The van der Waals surface area contributed by atoms with E-state index in [1.807, 2.05) is 0 Å². The number of benzene rings is 1. The Morgan fingerprint density at radius 2 is 1.96 bits per heavy atom. The summed E-state index contributed by atoms with van der Waals surface area (Å²) in [6, 6.07) is 6.73. The van der Waals surface area contributed by atoms with E-state index >= 15 is 0 Å². The summed E-state index contributed by atoms with van der Waals surface area (Å²) >= 11 is 0. The van der Waals surface area contributed by atoms with Crippen LogP contribution in [0.3, 0.4) is 0 Å². The van der Waals surface area contributed by atoms with Crippen LogP contribution in [0.2, 0.25) is 0 Å². The van der Waals surface area contributed by atoms with Gasteiger partial charge in [0.1, 0.15) is 12.3 Å². The lowest BCUT2D eigenvalue weighted by Gasteiger charge is -2.30. The number of piperidine rings is 1. The van der Waals surface area contributed by atoms with Crippen LogP contribution < -0.4 is 10.1 Å². The van der Waals surface area contributed by atoms with Gasteiger partial charge in [0.25, 0.3) is 11.8 Å². The van der Waals surface area contributed by atoms with Crippen LogP contribution in [0.15, 0.2) is 24.3 Å². The number of amides is 2. The number of ether oxygens (including phenoxy) is 2. The summed E-state index contributed by atoms with van der Waals surface area (Å²) in [6.07, 6.45) is 4.11. The van der Waals surface area contributed by atoms with Crippen LogP contribution in [-0.2, 0) is 14.3 Å². The number of rotatable bonds is 9. The monoisotopic (exact) mass is 390 g/mol. The van der Waals surface area contributed by atoms with Crippen LogP contribution >= 0.6 is 0 Å². The summed E-state index contributed by atoms with van der Waals surface area (Å²) in [5.74, 6) is -0.0320. The third kappa shape index (κ3) is 7.21. The number of hydrogen-bond donors (Lipinski definition) is 1. The third-order valence-corrected chi connectivity index (χ3v) is 4.64. The predicted octanol–water partition coefficient (Wildman–Crippen LogP) is 2.40. The highest BCUT2D eigenvalue weighted by atomic mass is 16.5. The fraction of sp³-hybridized carbons (Fsp3) is 0.571. The van der Waals surface area contributed by atoms with Crippen LogP contribution in [0, 0.1) is 5.92 Å². The van der Waals surface area contributed by atoms with Gasteiger partial charge < -0.3 is 19.7 Å². The van der Waals surface area contributed by atoms with E-state index in [9.17, 15) is 14.4 Å². The predicted molar refractivity (Wildman–Crippen MR) is 105 cm³/mol. The smallest absolute Gasteiger partial charge is 0.325 e. The second-order valence-corrected chi connectivity index (χ2v) is 7.16. The Balaban J connectivity index is 1.68. The Hall–Kier alpha value is -2.57. The van der Waals surface area contributed by atoms with Gasteiger partial charge in [-0.15, -0.1) is 0 Å². The van der Waals surface area contributed by atoms with Gasteiger partial charge in [0.15, 0.2) is 6.61 Å². The van der Waals surface area contributed by atoms with Gasteiger partial charge in [-0.05, 0) is 49.4 Å². The van der Waals surface area contributed by atoms with Crippen LogP contribution in [0.4, 0.5) is 0 Å². The minimum absolute atomic E-state index is 0.190. The second kappa shape index (κ2) is 11.3. The largest absolute Gasteiger partial charge is 0.494 e. The lowest BCUT2D eigenvalue weighted by Crippen LogP contribution is -2.42. The van der Waals surface area contributed by atoms with Gasteiger partial charge in [-0.3, -0.25) is 14.4 Å². The SMILES string of the molecule is CCCCOc1ccc(C(=O)NCC(=O)OCC(=O)N2CCC[C@@H](C)C2)cc1. The molecule has 1 aliphatic rings. The van der Waals surface area contributed by atoms with Gasteiger partial charge in [-0.25, -0.2) is 0 Å². The third-order valence-electron chi connectivity index (χ3n) is 4.64. The lowest BCUT2D eigenvalue weighted by atomic mass is 10.0. The zero-order valence-corrected chi connectivity index (χ0v) is 16.7. The number of likely N-dealkylation sites (tertiary alicyclic amines) is 1.